The summed E-state index contributed by atoms with van der Waals surface area (Å²) in [7, 11) is 2.21. The van der Waals surface area contributed by atoms with Crippen LogP contribution in [0.25, 0.3) is 33.4 Å². The van der Waals surface area contributed by atoms with Crippen molar-refractivity contribution in [2.24, 2.45) is 0 Å². The van der Waals surface area contributed by atoms with Crippen LogP contribution < -0.4 is 11.1 Å². The zero-order valence-electron chi connectivity index (χ0n) is 23.0. The third-order valence-electron chi connectivity index (χ3n) is 8.61. The van der Waals surface area contributed by atoms with Crippen molar-refractivity contribution >= 4 is 39.7 Å². The summed E-state index contributed by atoms with van der Waals surface area (Å²) in [6.45, 7) is 6.68. The maximum absolute atomic E-state index is 6.40. The normalized spacial score (nSPS) is 20.9. The van der Waals surface area contributed by atoms with Gasteiger partial charge in [-0.25, -0.2) is 14.6 Å². The molecule has 10 heteroatoms. The first-order valence-electron chi connectivity index (χ1n) is 14.2. The van der Waals surface area contributed by atoms with Crippen LogP contribution in [0.4, 0.5) is 17.5 Å². The lowest BCUT2D eigenvalue weighted by molar-refractivity contribution is 0.0815. The number of rotatable bonds is 5. The minimum absolute atomic E-state index is 0.304. The predicted molar refractivity (Wildman–Crippen MR) is 158 cm³/mol. The molecule has 1 saturated carbocycles. The third-order valence-corrected chi connectivity index (χ3v) is 8.61. The Morgan fingerprint density at radius 1 is 0.925 bits per heavy atom. The highest BCUT2D eigenvalue weighted by molar-refractivity contribution is 5.98. The fraction of sp³-hybridized carbons (Fsp3) is 0.400. The molecule has 0 radical (unpaired) electrons. The zero-order chi connectivity index (χ0) is 27.2. The summed E-state index contributed by atoms with van der Waals surface area (Å²) in [5.41, 5.74) is 12.6. The van der Waals surface area contributed by atoms with Gasteiger partial charge < -0.3 is 20.4 Å². The summed E-state index contributed by atoms with van der Waals surface area (Å²) in [6.07, 6.45) is 6.08. The van der Waals surface area contributed by atoms with Gasteiger partial charge in [0, 0.05) is 43.5 Å². The Labute approximate surface area is 233 Å². The lowest BCUT2D eigenvalue weighted by Crippen LogP contribution is -2.49. The molecule has 0 amide bonds. The maximum atomic E-state index is 6.40. The maximum Gasteiger partial charge on any atom is 0.300 e. The molecular formula is C30H35N9O. The first kappa shape index (κ1) is 25.0. The predicted octanol–water partition coefficient (Wildman–Crippen LogP) is 5.00. The molecule has 1 saturated heterocycles. The van der Waals surface area contributed by atoms with Gasteiger partial charge in [-0.1, -0.05) is 24.3 Å². The molecule has 1 aliphatic carbocycles. The van der Waals surface area contributed by atoms with Crippen molar-refractivity contribution in [3.63, 3.8) is 0 Å². The van der Waals surface area contributed by atoms with Gasteiger partial charge in [-0.3, -0.25) is 4.90 Å². The molecule has 10 nitrogen and oxygen atoms in total. The van der Waals surface area contributed by atoms with Gasteiger partial charge >= 0.3 is 0 Å². The van der Waals surface area contributed by atoms with Crippen molar-refractivity contribution in [2.45, 2.75) is 44.7 Å². The summed E-state index contributed by atoms with van der Waals surface area (Å²) >= 11 is 0. The highest BCUT2D eigenvalue weighted by atomic mass is 16.4. The fourth-order valence-corrected chi connectivity index (χ4v) is 6.28. The van der Waals surface area contributed by atoms with E-state index in [0.717, 1.165) is 70.6 Å². The number of nitrogens with zero attached hydrogens (tertiary/aromatic N) is 7. The van der Waals surface area contributed by atoms with Crippen molar-refractivity contribution < 1.29 is 4.42 Å². The second-order valence-electron chi connectivity index (χ2n) is 11.2. The van der Waals surface area contributed by atoms with Crippen LogP contribution in [0.1, 0.15) is 37.3 Å². The number of piperazine rings is 1. The first-order chi connectivity index (χ1) is 19.5. The molecular weight excluding hydrogens is 502 g/mol. The number of para-hydroxylation sites is 1. The van der Waals surface area contributed by atoms with Gasteiger partial charge in [-0.2, -0.15) is 10.1 Å². The molecule has 3 aromatic heterocycles. The standard InChI is InChI=1S/C30H35N9O/c1-19-4-3-5-24-26(19)35-30(40-24)34-21-8-6-20(7-9-21)27-25-28(31)32-18-33-29(25)39(36-27)23-12-10-22(11-13-23)38-16-14-37(2)15-17-38/h3-9,18,22-23H,10-17H2,1-2H3,(H,34,35)(H2,31,32,33)/t22-,23+. The molecule has 3 N–H and O–H groups in total. The number of fused-ring (bicyclic) bond motifs is 2. The van der Waals surface area contributed by atoms with Crippen LogP contribution in [-0.2, 0) is 0 Å². The number of nitrogens with one attached hydrogen (secondary N) is 1. The van der Waals surface area contributed by atoms with Gasteiger partial charge in [0.15, 0.2) is 11.2 Å². The minimum atomic E-state index is 0.304. The van der Waals surface area contributed by atoms with Crippen molar-refractivity contribution in [3.8, 4) is 11.3 Å². The van der Waals surface area contributed by atoms with E-state index in [4.69, 9.17) is 15.2 Å². The van der Waals surface area contributed by atoms with Gasteiger partial charge in [-0.05, 0) is 63.4 Å². The summed E-state index contributed by atoms with van der Waals surface area (Å²) in [5.74, 6) is 0.460. The number of aryl methyl sites for hydroxylation is 1. The summed E-state index contributed by atoms with van der Waals surface area (Å²) < 4.78 is 7.99. The van der Waals surface area contributed by atoms with E-state index in [1.807, 2.05) is 49.4 Å². The summed E-state index contributed by atoms with van der Waals surface area (Å²) in [5, 5.41) is 9.20. The van der Waals surface area contributed by atoms with E-state index in [-0.39, 0.29) is 0 Å². The number of nitrogen functional groups attached to an aromatic ring is 1. The van der Waals surface area contributed by atoms with Gasteiger partial charge in [-0.15, -0.1) is 0 Å². The molecule has 206 valence electrons. The van der Waals surface area contributed by atoms with Crippen molar-refractivity contribution in [2.75, 3.05) is 44.3 Å². The quantitative estimate of drug-likeness (QED) is 0.320. The molecule has 5 aromatic rings. The molecule has 0 atom stereocenters. The van der Waals surface area contributed by atoms with E-state index in [2.05, 4.69) is 41.8 Å². The zero-order valence-corrected chi connectivity index (χ0v) is 23.0. The van der Waals surface area contributed by atoms with Crippen LogP contribution in [0, 0.1) is 6.92 Å². The highest BCUT2D eigenvalue weighted by Gasteiger charge is 2.30. The van der Waals surface area contributed by atoms with Crippen molar-refractivity contribution in [1.29, 1.82) is 0 Å². The number of hydrogen-bond donors (Lipinski definition) is 2. The molecule has 40 heavy (non-hydrogen) atoms. The Morgan fingerprint density at radius 2 is 1.68 bits per heavy atom. The molecule has 2 aromatic carbocycles. The molecule has 2 fully saturated rings. The highest BCUT2D eigenvalue weighted by Crippen LogP contribution is 2.37. The molecule has 2 aliphatic rings. The first-order valence-corrected chi connectivity index (χ1v) is 14.2. The van der Waals surface area contributed by atoms with Crippen molar-refractivity contribution in [3.05, 3.63) is 54.4 Å². The lowest BCUT2D eigenvalue weighted by Gasteiger charge is -2.41. The Kier molecular flexibility index (Phi) is 6.36. The topological polar surface area (TPSA) is 114 Å². The van der Waals surface area contributed by atoms with Gasteiger partial charge in [0.2, 0.25) is 0 Å². The Hall–Kier alpha value is -4.02. The van der Waals surface area contributed by atoms with Crippen LogP contribution >= 0.6 is 0 Å². The van der Waals surface area contributed by atoms with E-state index in [0.29, 0.717) is 23.9 Å². The summed E-state index contributed by atoms with van der Waals surface area (Å²) in [4.78, 5) is 18.6. The van der Waals surface area contributed by atoms with Crippen LogP contribution in [0.15, 0.2) is 53.2 Å². The SMILES string of the molecule is Cc1cccc2oc(Nc3ccc(-c4nn([C@H]5CC[C@@H](N6CCN(C)CC6)CC5)c5ncnc(N)c45)cc3)nc12. The average molecular weight is 538 g/mol. The number of hydrogen-bond acceptors (Lipinski definition) is 9. The Balaban J connectivity index is 1.12. The average Bonchev–Trinajstić information content (AvgIpc) is 3.57. The largest absolute Gasteiger partial charge is 0.423 e. The number of benzene rings is 2. The summed E-state index contributed by atoms with van der Waals surface area (Å²) in [6, 6.07) is 15.5. The molecule has 4 heterocycles. The number of likely N-dealkylation sites (N-methyl/N-ethyl adjacent to an activating group) is 1. The van der Waals surface area contributed by atoms with E-state index in [1.165, 1.54) is 25.9 Å². The second-order valence-corrected chi connectivity index (χ2v) is 11.2. The van der Waals surface area contributed by atoms with Crippen LogP contribution in [-0.4, -0.2) is 73.8 Å². The molecule has 0 bridgehead atoms. The van der Waals surface area contributed by atoms with Crippen molar-refractivity contribution in [1.82, 2.24) is 34.5 Å². The fourth-order valence-electron chi connectivity index (χ4n) is 6.28. The molecule has 0 unspecified atom stereocenters. The van der Waals surface area contributed by atoms with E-state index in [1.54, 1.807) is 6.33 Å². The Morgan fingerprint density at radius 3 is 2.42 bits per heavy atom. The molecule has 7 rings (SSSR count). The minimum Gasteiger partial charge on any atom is -0.423 e. The smallest absolute Gasteiger partial charge is 0.300 e. The third kappa shape index (κ3) is 4.56. The van der Waals surface area contributed by atoms with Gasteiger partial charge in [0.05, 0.1) is 11.4 Å². The van der Waals surface area contributed by atoms with E-state index in [9.17, 15) is 0 Å². The van der Waals surface area contributed by atoms with E-state index >= 15 is 0 Å². The Bertz CT molecular complexity index is 1640. The molecule has 1 aliphatic heterocycles. The molecule has 0 spiro atoms. The number of nitrogens with two attached hydrogens (primary N) is 1. The number of anilines is 3. The second kappa shape index (κ2) is 10.2. The number of oxazole rings is 1. The van der Waals surface area contributed by atoms with Crippen LogP contribution in [0.3, 0.4) is 0 Å². The monoisotopic (exact) mass is 537 g/mol. The van der Waals surface area contributed by atoms with Gasteiger partial charge in [0.25, 0.3) is 6.01 Å². The number of aromatic nitrogens is 5. The van der Waals surface area contributed by atoms with Gasteiger partial charge in [0.1, 0.15) is 23.4 Å². The van der Waals surface area contributed by atoms with E-state index < -0.39 is 0 Å². The lowest BCUT2D eigenvalue weighted by atomic mass is 9.90. The van der Waals surface area contributed by atoms with Crippen LogP contribution in [0.2, 0.25) is 0 Å². The van der Waals surface area contributed by atoms with Crippen LogP contribution in [0.5, 0.6) is 0 Å².